The average molecular weight is 348 g/mol. The van der Waals surface area contributed by atoms with Crippen molar-refractivity contribution in [2.75, 3.05) is 25.5 Å². The molecule has 1 amide bonds. The van der Waals surface area contributed by atoms with Crippen LogP contribution in [-0.2, 0) is 6.42 Å². The molecule has 0 aliphatic carbocycles. The van der Waals surface area contributed by atoms with Gasteiger partial charge in [0.05, 0.1) is 4.92 Å². The normalized spacial score (nSPS) is 10.3. The van der Waals surface area contributed by atoms with E-state index in [1.165, 1.54) is 18.2 Å². The summed E-state index contributed by atoms with van der Waals surface area (Å²) in [5, 5.41) is 13.6. The predicted octanol–water partition coefficient (Wildman–Crippen LogP) is 3.29. The summed E-state index contributed by atoms with van der Waals surface area (Å²) in [4.78, 5) is 24.3. The zero-order valence-electron chi connectivity index (χ0n) is 13.5. The van der Waals surface area contributed by atoms with Crippen LogP contribution in [0.4, 0.5) is 11.4 Å². The molecular weight excluding hydrogens is 330 g/mol. The average Bonchev–Trinajstić information content (AvgIpc) is 2.55. The van der Waals surface area contributed by atoms with Crippen molar-refractivity contribution in [2.45, 2.75) is 6.42 Å². The molecule has 1 N–H and O–H groups in total. The molecule has 0 aromatic heterocycles. The molecule has 0 fully saturated rings. The number of hydrogen-bond donors (Lipinski definition) is 1. The van der Waals surface area contributed by atoms with Crippen LogP contribution < -0.4 is 10.2 Å². The van der Waals surface area contributed by atoms with Crippen molar-refractivity contribution in [1.82, 2.24) is 5.32 Å². The topological polar surface area (TPSA) is 75.5 Å². The molecule has 0 bridgehead atoms. The van der Waals surface area contributed by atoms with Gasteiger partial charge in [-0.25, -0.2) is 0 Å². The number of halogens is 1. The van der Waals surface area contributed by atoms with E-state index >= 15 is 0 Å². The molecule has 7 heteroatoms. The summed E-state index contributed by atoms with van der Waals surface area (Å²) in [6.45, 7) is 0.441. The van der Waals surface area contributed by atoms with E-state index in [-0.39, 0.29) is 22.2 Å². The standard InChI is InChI=1S/C17H18ClN3O3/c1-20(2)14-6-3-12(4-7-14)9-10-19-17(22)13-5-8-15(18)16(11-13)21(23)24/h3-8,11H,9-10H2,1-2H3,(H,19,22). The van der Waals surface area contributed by atoms with Gasteiger partial charge in [-0.2, -0.15) is 0 Å². The summed E-state index contributed by atoms with van der Waals surface area (Å²) in [6, 6.07) is 12.1. The lowest BCUT2D eigenvalue weighted by molar-refractivity contribution is -0.384. The second-order valence-electron chi connectivity index (χ2n) is 5.49. The maximum Gasteiger partial charge on any atom is 0.288 e. The highest BCUT2D eigenvalue weighted by Crippen LogP contribution is 2.25. The number of carbonyl (C=O) groups excluding carboxylic acids is 1. The number of nitrogens with zero attached hydrogens (tertiary/aromatic N) is 2. The lowest BCUT2D eigenvalue weighted by Gasteiger charge is -2.12. The van der Waals surface area contributed by atoms with Crippen molar-refractivity contribution < 1.29 is 9.72 Å². The Balaban J connectivity index is 1.93. The molecule has 0 heterocycles. The molecule has 0 aliphatic rings. The van der Waals surface area contributed by atoms with Crippen LogP contribution in [0, 0.1) is 10.1 Å². The van der Waals surface area contributed by atoms with Gasteiger partial charge in [-0.3, -0.25) is 14.9 Å². The van der Waals surface area contributed by atoms with Gasteiger partial charge in [0.15, 0.2) is 0 Å². The van der Waals surface area contributed by atoms with Crippen molar-refractivity contribution in [3.05, 3.63) is 68.7 Å². The molecule has 6 nitrogen and oxygen atoms in total. The van der Waals surface area contributed by atoms with E-state index in [1.807, 2.05) is 43.3 Å². The second kappa shape index (κ2) is 7.79. The molecule has 126 valence electrons. The predicted molar refractivity (Wildman–Crippen MR) is 94.9 cm³/mol. The number of nitro benzene ring substituents is 1. The Labute approximate surface area is 145 Å². The van der Waals surface area contributed by atoms with Crippen LogP contribution in [-0.4, -0.2) is 31.5 Å². The molecule has 2 aromatic carbocycles. The van der Waals surface area contributed by atoms with Crippen LogP contribution in [0.3, 0.4) is 0 Å². The molecule has 0 saturated heterocycles. The zero-order chi connectivity index (χ0) is 17.7. The van der Waals surface area contributed by atoms with Crippen molar-refractivity contribution in [2.24, 2.45) is 0 Å². The Morgan fingerprint density at radius 3 is 2.46 bits per heavy atom. The van der Waals surface area contributed by atoms with Gasteiger partial charge in [0.1, 0.15) is 5.02 Å². The van der Waals surface area contributed by atoms with Crippen molar-refractivity contribution in [3.8, 4) is 0 Å². The monoisotopic (exact) mass is 347 g/mol. The van der Waals surface area contributed by atoms with Crippen LogP contribution in [0.25, 0.3) is 0 Å². The Hall–Kier alpha value is -2.60. The molecule has 24 heavy (non-hydrogen) atoms. The van der Waals surface area contributed by atoms with Crippen LogP contribution in [0.2, 0.25) is 5.02 Å². The third-order valence-electron chi connectivity index (χ3n) is 3.56. The Morgan fingerprint density at radius 1 is 1.21 bits per heavy atom. The largest absolute Gasteiger partial charge is 0.378 e. The summed E-state index contributed by atoms with van der Waals surface area (Å²) in [7, 11) is 3.95. The zero-order valence-corrected chi connectivity index (χ0v) is 14.2. The van der Waals surface area contributed by atoms with Crippen molar-refractivity contribution in [1.29, 1.82) is 0 Å². The molecule has 2 aromatic rings. The maximum absolute atomic E-state index is 12.1. The van der Waals surface area contributed by atoms with Crippen molar-refractivity contribution in [3.63, 3.8) is 0 Å². The van der Waals surface area contributed by atoms with Gasteiger partial charge in [0.2, 0.25) is 0 Å². The van der Waals surface area contributed by atoms with Crippen LogP contribution in [0.15, 0.2) is 42.5 Å². The quantitative estimate of drug-likeness (QED) is 0.642. The lowest BCUT2D eigenvalue weighted by Crippen LogP contribution is -2.25. The molecule has 0 radical (unpaired) electrons. The summed E-state index contributed by atoms with van der Waals surface area (Å²) < 4.78 is 0. The molecule has 0 atom stereocenters. The van der Waals surface area contributed by atoms with Gasteiger partial charge < -0.3 is 10.2 Å². The first-order chi connectivity index (χ1) is 11.4. The lowest BCUT2D eigenvalue weighted by atomic mass is 10.1. The highest BCUT2D eigenvalue weighted by atomic mass is 35.5. The third kappa shape index (κ3) is 4.45. The molecule has 0 spiro atoms. The third-order valence-corrected chi connectivity index (χ3v) is 3.88. The molecule has 0 unspecified atom stereocenters. The summed E-state index contributed by atoms with van der Waals surface area (Å²) >= 11 is 5.74. The molecule has 2 rings (SSSR count). The molecule has 0 saturated carbocycles. The number of rotatable bonds is 6. The van der Waals surface area contributed by atoms with Gasteiger partial charge in [-0.15, -0.1) is 0 Å². The number of nitro groups is 1. The fourth-order valence-electron chi connectivity index (χ4n) is 2.18. The summed E-state index contributed by atoms with van der Waals surface area (Å²) in [6.07, 6.45) is 0.676. The van der Waals surface area contributed by atoms with Crippen LogP contribution in [0.5, 0.6) is 0 Å². The van der Waals surface area contributed by atoms with E-state index in [4.69, 9.17) is 11.6 Å². The number of carbonyl (C=O) groups is 1. The Morgan fingerprint density at radius 2 is 1.88 bits per heavy atom. The first-order valence-electron chi connectivity index (χ1n) is 7.37. The van der Waals surface area contributed by atoms with E-state index in [9.17, 15) is 14.9 Å². The van der Waals surface area contributed by atoms with Gasteiger partial charge in [0, 0.05) is 38.0 Å². The van der Waals surface area contributed by atoms with E-state index in [2.05, 4.69) is 5.32 Å². The number of nitrogens with one attached hydrogen (secondary N) is 1. The minimum absolute atomic E-state index is 0.0116. The molecule has 0 aliphatic heterocycles. The number of amides is 1. The number of benzene rings is 2. The van der Waals surface area contributed by atoms with Gasteiger partial charge in [-0.1, -0.05) is 23.7 Å². The number of hydrogen-bond acceptors (Lipinski definition) is 4. The SMILES string of the molecule is CN(C)c1ccc(CCNC(=O)c2ccc(Cl)c([N+](=O)[O-])c2)cc1. The van der Waals surface area contributed by atoms with Crippen LogP contribution >= 0.6 is 11.6 Å². The van der Waals surface area contributed by atoms with E-state index < -0.39 is 4.92 Å². The first kappa shape index (κ1) is 17.7. The smallest absolute Gasteiger partial charge is 0.288 e. The van der Waals surface area contributed by atoms with E-state index in [0.717, 1.165) is 11.3 Å². The Bertz CT molecular complexity index is 745. The van der Waals surface area contributed by atoms with E-state index in [0.29, 0.717) is 13.0 Å². The minimum Gasteiger partial charge on any atom is -0.378 e. The summed E-state index contributed by atoms with van der Waals surface area (Å²) in [5.74, 6) is -0.361. The minimum atomic E-state index is -0.606. The van der Waals surface area contributed by atoms with Gasteiger partial charge in [-0.05, 0) is 36.2 Å². The van der Waals surface area contributed by atoms with Gasteiger partial charge >= 0.3 is 0 Å². The summed E-state index contributed by atoms with van der Waals surface area (Å²) in [5.41, 5.74) is 2.15. The second-order valence-corrected chi connectivity index (χ2v) is 5.90. The fraction of sp³-hybridized carbons (Fsp3) is 0.235. The fourth-order valence-corrected chi connectivity index (χ4v) is 2.36. The number of anilines is 1. The van der Waals surface area contributed by atoms with Crippen LogP contribution in [0.1, 0.15) is 15.9 Å². The van der Waals surface area contributed by atoms with Crippen molar-refractivity contribution >= 4 is 28.9 Å². The molecular formula is C17H18ClN3O3. The Kier molecular flexibility index (Phi) is 5.76. The highest BCUT2D eigenvalue weighted by molar-refractivity contribution is 6.32. The van der Waals surface area contributed by atoms with Gasteiger partial charge in [0.25, 0.3) is 11.6 Å². The highest BCUT2D eigenvalue weighted by Gasteiger charge is 2.15. The first-order valence-corrected chi connectivity index (χ1v) is 7.74. The van der Waals surface area contributed by atoms with E-state index in [1.54, 1.807) is 0 Å². The maximum atomic E-state index is 12.1.